The topological polar surface area (TPSA) is 381 Å². The van der Waals surface area contributed by atoms with Gasteiger partial charge in [0.15, 0.2) is 26.4 Å². The number of azide groups is 4. The van der Waals surface area contributed by atoms with E-state index in [1.165, 1.54) is 0 Å². The molecule has 0 radical (unpaired) electrons. The van der Waals surface area contributed by atoms with Crippen LogP contribution in [0.15, 0.2) is 69.0 Å². The average molecular weight is 989 g/mol. The Balaban J connectivity index is 1.96. The van der Waals surface area contributed by atoms with Crippen LogP contribution in [0.2, 0.25) is 0 Å². The van der Waals surface area contributed by atoms with Crippen LogP contribution in [0.3, 0.4) is 0 Å². The van der Waals surface area contributed by atoms with Gasteiger partial charge < -0.3 is 39.4 Å². The lowest BCUT2D eigenvalue weighted by molar-refractivity contribution is -0.140. The summed E-state index contributed by atoms with van der Waals surface area (Å²) in [5.41, 5.74) is 42.7. The monoisotopic (exact) mass is 988 g/mol. The molecule has 0 spiro atoms. The fourth-order valence-electron chi connectivity index (χ4n) is 8.63. The van der Waals surface area contributed by atoms with E-state index < -0.39 is 50.3 Å². The van der Waals surface area contributed by atoms with Crippen molar-refractivity contribution >= 4 is 23.9 Å². The standard InChI is InChI=1S/C48H52N12O12/c49-57-53-9-1-5-29-13-33-21-35-15-30(6-2-10-54-58-50)17-37(46(35)70-26-42(63)64)23-39-19-32(8-4-12-56-60-52)20-40(48(39)72-28-44(67)68)24-38-18-31(7-3-11-55-59-51)16-36(47(38)71-27-43(65)66)22-34(14-29)45(33)69-25-41(61)62/h13-20H,1-12,21-28H2,(H,61,62)(H,63,64)(H,65,66)(H,67,68). The lowest BCUT2D eigenvalue weighted by Gasteiger charge is -2.24. The molecule has 4 aromatic rings. The molecule has 72 heavy (non-hydrogen) atoms. The maximum Gasteiger partial charge on any atom is 0.341 e. The van der Waals surface area contributed by atoms with Crippen LogP contribution in [0.1, 0.15) is 92.4 Å². The number of fused-ring (bicyclic) bond motifs is 8. The maximum absolute atomic E-state index is 12.2. The Hall–Kier alpha value is -8.80. The first-order chi connectivity index (χ1) is 34.8. The zero-order valence-corrected chi connectivity index (χ0v) is 39.2. The van der Waals surface area contributed by atoms with E-state index in [0.717, 1.165) is 22.3 Å². The summed E-state index contributed by atoms with van der Waals surface area (Å²) in [6.45, 7) is -2.43. The minimum absolute atomic E-state index is 0.0293. The number of carboxylic acid groups (broad SMARTS) is 4. The molecule has 0 amide bonds. The number of ether oxygens (including phenoxy) is 4. The number of aryl methyl sites for hydroxylation is 4. The molecule has 4 aromatic carbocycles. The molecule has 5 rings (SSSR count). The molecule has 0 saturated carbocycles. The molecule has 1 aliphatic carbocycles. The Labute approximate surface area is 411 Å². The minimum atomic E-state index is -1.28. The van der Waals surface area contributed by atoms with Crippen molar-refractivity contribution in [1.82, 2.24) is 0 Å². The summed E-state index contributed by atoms with van der Waals surface area (Å²) in [6, 6.07) is 14.5. The lowest BCUT2D eigenvalue weighted by Crippen LogP contribution is -2.16. The Bertz CT molecular complexity index is 2380. The van der Waals surface area contributed by atoms with Gasteiger partial charge in [-0.1, -0.05) is 69.0 Å². The third kappa shape index (κ3) is 16.7. The van der Waals surface area contributed by atoms with Crippen molar-refractivity contribution in [2.75, 3.05) is 52.6 Å². The molecule has 24 nitrogen and oxygen atoms in total. The summed E-state index contributed by atoms with van der Waals surface area (Å²) >= 11 is 0. The van der Waals surface area contributed by atoms with E-state index >= 15 is 0 Å². The third-order valence-electron chi connectivity index (χ3n) is 11.2. The summed E-state index contributed by atoms with van der Waals surface area (Å²) in [5.74, 6) is -4.45. The second-order valence-electron chi connectivity index (χ2n) is 16.6. The molecule has 0 unspecified atom stereocenters. The Kier molecular flexibility index (Phi) is 21.1. The maximum atomic E-state index is 12.2. The van der Waals surface area contributed by atoms with Crippen LogP contribution >= 0.6 is 0 Å². The van der Waals surface area contributed by atoms with Gasteiger partial charge in [-0.15, -0.1) is 0 Å². The first-order valence-corrected chi connectivity index (χ1v) is 22.8. The molecule has 1 aliphatic rings. The van der Waals surface area contributed by atoms with Gasteiger partial charge in [0.25, 0.3) is 0 Å². The number of benzene rings is 4. The fourth-order valence-corrected chi connectivity index (χ4v) is 8.63. The van der Waals surface area contributed by atoms with Crippen molar-refractivity contribution in [2.24, 2.45) is 20.5 Å². The zero-order chi connectivity index (χ0) is 51.8. The van der Waals surface area contributed by atoms with E-state index in [1.807, 2.05) is 48.5 Å². The normalized spacial score (nSPS) is 11.3. The fraction of sp³-hybridized carbons (Fsp3) is 0.417. The molecule has 24 heteroatoms. The Morgan fingerprint density at radius 1 is 0.375 bits per heavy atom. The van der Waals surface area contributed by atoms with Gasteiger partial charge in [0.05, 0.1) is 0 Å². The quantitative estimate of drug-likeness (QED) is 0.0158. The van der Waals surface area contributed by atoms with Crippen molar-refractivity contribution in [1.29, 1.82) is 0 Å². The summed E-state index contributed by atoms with van der Waals surface area (Å²) < 4.78 is 24.7. The molecule has 0 aliphatic heterocycles. The van der Waals surface area contributed by atoms with Gasteiger partial charge in [-0.05, 0) is 140 Å². The van der Waals surface area contributed by atoms with Crippen LogP contribution in [0.5, 0.6) is 23.0 Å². The molecule has 0 atom stereocenters. The number of hydrogen-bond donors (Lipinski definition) is 4. The van der Waals surface area contributed by atoms with Crippen molar-refractivity contribution in [3.63, 3.8) is 0 Å². The first kappa shape index (κ1) is 54.1. The molecular weight excluding hydrogens is 937 g/mol. The van der Waals surface area contributed by atoms with Crippen molar-refractivity contribution in [2.45, 2.75) is 77.0 Å². The van der Waals surface area contributed by atoms with Crippen LogP contribution in [0.25, 0.3) is 41.8 Å². The number of nitrogens with zero attached hydrogens (tertiary/aromatic N) is 12. The molecular formula is C48H52N12O12. The van der Waals surface area contributed by atoms with Gasteiger partial charge in [-0.2, -0.15) is 0 Å². The number of aliphatic carboxylic acids is 4. The number of rotatable bonds is 28. The van der Waals surface area contributed by atoms with E-state index in [2.05, 4.69) is 40.1 Å². The minimum Gasteiger partial charge on any atom is -0.481 e. The number of carbonyl (C=O) groups is 4. The largest absolute Gasteiger partial charge is 0.481 e. The molecule has 4 N–H and O–H groups in total. The van der Waals surface area contributed by atoms with Gasteiger partial charge in [0.1, 0.15) is 23.0 Å². The first-order valence-electron chi connectivity index (χ1n) is 22.8. The second kappa shape index (κ2) is 28.0. The van der Waals surface area contributed by atoms with Crippen molar-refractivity contribution in [3.05, 3.63) is 157 Å². The highest BCUT2D eigenvalue weighted by atomic mass is 16.5. The van der Waals surface area contributed by atoms with Crippen LogP contribution in [0.4, 0.5) is 0 Å². The van der Waals surface area contributed by atoms with Gasteiger partial charge in [0, 0.05) is 71.5 Å². The summed E-state index contributed by atoms with van der Waals surface area (Å²) in [6.07, 6.45) is 3.12. The molecule has 0 aromatic heterocycles. The van der Waals surface area contributed by atoms with Gasteiger partial charge in [-0.3, -0.25) is 0 Å². The van der Waals surface area contributed by atoms with Crippen LogP contribution < -0.4 is 18.9 Å². The second-order valence-corrected chi connectivity index (χ2v) is 16.6. The molecule has 376 valence electrons. The number of carboxylic acids is 4. The number of hydrogen-bond acceptors (Lipinski definition) is 12. The summed E-state index contributed by atoms with van der Waals surface area (Å²) in [5, 5.41) is 54.7. The third-order valence-corrected chi connectivity index (χ3v) is 11.2. The van der Waals surface area contributed by atoms with Crippen LogP contribution in [-0.2, 0) is 70.5 Å². The van der Waals surface area contributed by atoms with E-state index in [4.69, 9.17) is 41.1 Å². The van der Waals surface area contributed by atoms with Crippen molar-refractivity contribution in [3.8, 4) is 23.0 Å². The highest BCUT2D eigenvalue weighted by Crippen LogP contribution is 2.41. The lowest BCUT2D eigenvalue weighted by atomic mass is 9.87. The Morgan fingerprint density at radius 2 is 0.556 bits per heavy atom. The predicted octanol–water partition coefficient (Wildman–Crippen LogP) is 9.19. The van der Waals surface area contributed by atoms with E-state index in [-0.39, 0.29) is 74.9 Å². The average Bonchev–Trinajstić information content (AvgIpc) is 3.33. The zero-order valence-electron chi connectivity index (χ0n) is 39.2. The highest BCUT2D eigenvalue weighted by molar-refractivity contribution is 5.71. The summed E-state index contributed by atoms with van der Waals surface area (Å²) in [7, 11) is 0. The highest BCUT2D eigenvalue weighted by Gasteiger charge is 2.26. The van der Waals surface area contributed by atoms with E-state index in [1.54, 1.807) is 0 Å². The van der Waals surface area contributed by atoms with E-state index in [9.17, 15) is 39.6 Å². The van der Waals surface area contributed by atoms with Gasteiger partial charge in [-0.25, -0.2) is 19.2 Å². The molecule has 0 fully saturated rings. The Morgan fingerprint density at radius 3 is 0.708 bits per heavy atom. The van der Waals surface area contributed by atoms with Gasteiger partial charge in [0.2, 0.25) is 0 Å². The van der Waals surface area contributed by atoms with E-state index in [0.29, 0.717) is 95.9 Å². The SMILES string of the molecule is [N-]=[N+]=NCCCc1cc2c(OCC(=O)O)c(c1)Cc1cc(CCCN=[N+]=[N-])cc(c1OCC(=O)O)Cc1cc(CCCN=[N+]=[N-])cc(c1OCC(=O)O)Cc1cc(CCCN=[N+]=[N-])cc(c1OCC(=O)O)C2. The van der Waals surface area contributed by atoms with Gasteiger partial charge >= 0.3 is 23.9 Å². The van der Waals surface area contributed by atoms with Crippen LogP contribution in [0, 0.1) is 0 Å². The van der Waals surface area contributed by atoms with Crippen molar-refractivity contribution < 1.29 is 58.6 Å². The van der Waals surface area contributed by atoms with Crippen LogP contribution in [-0.4, -0.2) is 96.9 Å². The molecule has 8 bridgehead atoms. The molecule has 0 heterocycles. The smallest absolute Gasteiger partial charge is 0.341 e. The summed E-state index contributed by atoms with van der Waals surface area (Å²) in [4.78, 5) is 60.4. The molecule has 0 saturated heterocycles. The predicted molar refractivity (Wildman–Crippen MR) is 259 cm³/mol.